The van der Waals surface area contributed by atoms with E-state index in [1.165, 1.54) is 12.1 Å². The number of amides is 1. The number of carbonyl (C=O) groups excluding carboxylic acids is 2. The van der Waals surface area contributed by atoms with Crippen molar-refractivity contribution >= 4 is 33.3 Å². The fraction of sp³-hybridized carbons (Fsp3) is 0.333. The molecule has 1 N–H and O–H groups in total. The van der Waals surface area contributed by atoms with Gasteiger partial charge in [-0.3, -0.25) is 9.10 Å². The van der Waals surface area contributed by atoms with Crippen LogP contribution in [0.3, 0.4) is 0 Å². The molecule has 0 aliphatic heterocycles. The first kappa shape index (κ1) is 23.3. The van der Waals surface area contributed by atoms with Gasteiger partial charge in [-0.25, -0.2) is 17.6 Å². The number of hydrogen-bond donors (Lipinski definition) is 1. The molecule has 162 valence electrons. The number of nitrogens with one attached hydrogen (secondary N) is 1. The summed E-state index contributed by atoms with van der Waals surface area (Å²) in [5, 5.41) is 2.71. The average Bonchev–Trinajstić information content (AvgIpc) is 2.67. The highest BCUT2D eigenvalue weighted by Crippen LogP contribution is 2.25. The minimum Gasteiger partial charge on any atom is -0.462 e. The second kappa shape index (κ2) is 9.71. The van der Waals surface area contributed by atoms with Crippen molar-refractivity contribution < 1.29 is 27.1 Å². The zero-order chi connectivity index (χ0) is 22.5. The van der Waals surface area contributed by atoms with E-state index in [0.717, 1.165) is 22.7 Å². The van der Waals surface area contributed by atoms with Crippen molar-refractivity contribution in [3.63, 3.8) is 0 Å². The highest BCUT2D eigenvalue weighted by molar-refractivity contribution is 7.92. The number of ether oxygens (including phenoxy) is 1. The van der Waals surface area contributed by atoms with E-state index in [9.17, 15) is 22.4 Å². The molecule has 1 atom stereocenters. The van der Waals surface area contributed by atoms with E-state index in [-0.39, 0.29) is 18.7 Å². The van der Waals surface area contributed by atoms with Gasteiger partial charge in [0.1, 0.15) is 11.9 Å². The number of benzene rings is 2. The van der Waals surface area contributed by atoms with E-state index in [1.54, 1.807) is 39.0 Å². The minimum atomic E-state index is -3.84. The van der Waals surface area contributed by atoms with Crippen LogP contribution in [0.2, 0.25) is 0 Å². The molecule has 0 saturated carbocycles. The summed E-state index contributed by atoms with van der Waals surface area (Å²) in [5.74, 6) is -1.60. The van der Waals surface area contributed by atoms with Crippen molar-refractivity contribution in [1.29, 1.82) is 0 Å². The molecule has 2 aromatic rings. The van der Waals surface area contributed by atoms with E-state index in [0.29, 0.717) is 16.8 Å². The third-order valence-corrected chi connectivity index (χ3v) is 5.68. The van der Waals surface area contributed by atoms with Gasteiger partial charge in [-0.1, -0.05) is 13.0 Å². The van der Waals surface area contributed by atoms with Gasteiger partial charge < -0.3 is 10.1 Å². The molecule has 0 saturated heterocycles. The smallest absolute Gasteiger partial charge is 0.338 e. The van der Waals surface area contributed by atoms with Crippen LogP contribution in [0, 0.1) is 12.7 Å². The Balaban J connectivity index is 2.38. The van der Waals surface area contributed by atoms with Crippen LogP contribution in [0.4, 0.5) is 15.8 Å². The Morgan fingerprint density at radius 3 is 2.30 bits per heavy atom. The van der Waals surface area contributed by atoms with Gasteiger partial charge in [0.05, 0.1) is 24.1 Å². The molecule has 0 aliphatic rings. The Morgan fingerprint density at radius 1 is 1.13 bits per heavy atom. The molecule has 7 nitrogen and oxygen atoms in total. The summed E-state index contributed by atoms with van der Waals surface area (Å²) in [6, 6.07) is 8.60. The number of sulfonamides is 1. The maximum atomic E-state index is 13.3. The third-order valence-electron chi connectivity index (χ3n) is 4.50. The van der Waals surface area contributed by atoms with Gasteiger partial charge in [0, 0.05) is 5.69 Å². The Morgan fingerprint density at radius 2 is 1.77 bits per heavy atom. The van der Waals surface area contributed by atoms with Gasteiger partial charge in [-0.2, -0.15) is 0 Å². The van der Waals surface area contributed by atoms with Crippen molar-refractivity contribution in [1.82, 2.24) is 0 Å². The summed E-state index contributed by atoms with van der Waals surface area (Å²) in [7, 11) is -3.84. The predicted octanol–water partition coefficient (Wildman–Crippen LogP) is 3.49. The van der Waals surface area contributed by atoms with Crippen LogP contribution in [-0.4, -0.2) is 39.2 Å². The highest BCUT2D eigenvalue weighted by atomic mass is 32.2. The van der Waals surface area contributed by atoms with Crippen LogP contribution >= 0.6 is 0 Å². The Labute approximate surface area is 175 Å². The summed E-state index contributed by atoms with van der Waals surface area (Å²) in [5.41, 5.74) is 1.36. The average molecular weight is 437 g/mol. The van der Waals surface area contributed by atoms with Gasteiger partial charge in [0.15, 0.2) is 0 Å². The summed E-state index contributed by atoms with van der Waals surface area (Å²) < 4.78 is 44.2. The molecule has 0 bridgehead atoms. The van der Waals surface area contributed by atoms with Crippen molar-refractivity contribution in [3.8, 4) is 0 Å². The van der Waals surface area contributed by atoms with Gasteiger partial charge in [-0.05, 0) is 62.2 Å². The van der Waals surface area contributed by atoms with Crippen LogP contribution in [0.25, 0.3) is 0 Å². The summed E-state index contributed by atoms with van der Waals surface area (Å²) in [6.45, 7) is 5.25. The number of carbonyl (C=O) groups is 2. The topological polar surface area (TPSA) is 92.8 Å². The van der Waals surface area contributed by atoms with Crippen LogP contribution < -0.4 is 9.62 Å². The number of esters is 1. The molecule has 2 aromatic carbocycles. The molecule has 2 rings (SSSR count). The monoisotopic (exact) mass is 436 g/mol. The molecular formula is C21H25FN2O5S. The van der Waals surface area contributed by atoms with Crippen molar-refractivity contribution in [2.75, 3.05) is 22.5 Å². The van der Waals surface area contributed by atoms with E-state index >= 15 is 0 Å². The zero-order valence-corrected chi connectivity index (χ0v) is 18.1. The van der Waals surface area contributed by atoms with Crippen LogP contribution in [0.1, 0.15) is 36.2 Å². The van der Waals surface area contributed by atoms with Gasteiger partial charge in [0.2, 0.25) is 15.9 Å². The Bertz CT molecular complexity index is 1020. The van der Waals surface area contributed by atoms with Crippen molar-refractivity contribution in [2.24, 2.45) is 0 Å². The third kappa shape index (κ3) is 5.35. The first-order chi connectivity index (χ1) is 14.1. The number of hydrogen-bond acceptors (Lipinski definition) is 5. The van der Waals surface area contributed by atoms with E-state index in [4.69, 9.17) is 4.74 Å². The molecule has 0 unspecified atom stereocenters. The standard InChI is InChI=1S/C21H25FN2O5S/c1-5-19(24(30(4,27)28)16-12-10-15(22)11-13-16)20(25)23-18-9-7-8-17(14(18)3)21(26)29-6-2/h7-13,19H,5-6H2,1-4H3,(H,23,25)/t19-/m1/s1. The lowest BCUT2D eigenvalue weighted by Crippen LogP contribution is -2.47. The zero-order valence-electron chi connectivity index (χ0n) is 17.3. The second-order valence-electron chi connectivity index (χ2n) is 6.65. The first-order valence-corrected chi connectivity index (χ1v) is 11.3. The first-order valence-electron chi connectivity index (χ1n) is 9.42. The Kier molecular flexibility index (Phi) is 7.55. The van der Waals surface area contributed by atoms with Crippen LogP contribution in [0.15, 0.2) is 42.5 Å². The quantitative estimate of drug-likeness (QED) is 0.640. The molecule has 0 aromatic heterocycles. The fourth-order valence-electron chi connectivity index (χ4n) is 3.07. The number of anilines is 2. The molecule has 0 radical (unpaired) electrons. The summed E-state index contributed by atoms with van der Waals surface area (Å²) in [6.07, 6.45) is 1.16. The van der Waals surface area contributed by atoms with E-state index in [2.05, 4.69) is 5.32 Å². The van der Waals surface area contributed by atoms with Crippen molar-refractivity contribution in [2.45, 2.75) is 33.2 Å². The van der Waals surface area contributed by atoms with E-state index < -0.39 is 33.8 Å². The van der Waals surface area contributed by atoms with Gasteiger partial charge in [-0.15, -0.1) is 0 Å². The number of rotatable bonds is 8. The normalized spacial score (nSPS) is 12.2. The fourth-order valence-corrected chi connectivity index (χ4v) is 4.28. The second-order valence-corrected chi connectivity index (χ2v) is 8.51. The number of halogens is 1. The van der Waals surface area contributed by atoms with Gasteiger partial charge >= 0.3 is 5.97 Å². The van der Waals surface area contributed by atoms with Crippen molar-refractivity contribution in [3.05, 3.63) is 59.4 Å². The maximum Gasteiger partial charge on any atom is 0.338 e. The molecular weight excluding hydrogens is 411 g/mol. The van der Waals surface area contributed by atoms with Gasteiger partial charge in [0.25, 0.3) is 0 Å². The lowest BCUT2D eigenvalue weighted by Gasteiger charge is -2.30. The Hall–Kier alpha value is -2.94. The molecule has 1 amide bonds. The summed E-state index contributed by atoms with van der Waals surface area (Å²) in [4.78, 5) is 25.1. The molecule has 0 aliphatic carbocycles. The molecule has 0 spiro atoms. The molecule has 0 fully saturated rings. The highest BCUT2D eigenvalue weighted by Gasteiger charge is 2.32. The van der Waals surface area contributed by atoms with Crippen LogP contribution in [-0.2, 0) is 19.6 Å². The number of nitrogens with zero attached hydrogens (tertiary/aromatic N) is 1. The largest absolute Gasteiger partial charge is 0.462 e. The molecule has 30 heavy (non-hydrogen) atoms. The van der Waals surface area contributed by atoms with Crippen LogP contribution in [0.5, 0.6) is 0 Å². The predicted molar refractivity (Wildman–Crippen MR) is 114 cm³/mol. The maximum absolute atomic E-state index is 13.3. The SMILES string of the molecule is CCOC(=O)c1cccc(NC(=O)[C@@H](CC)N(c2ccc(F)cc2)S(C)(=O)=O)c1C. The van der Waals surface area contributed by atoms with E-state index in [1.807, 2.05) is 0 Å². The lowest BCUT2D eigenvalue weighted by atomic mass is 10.1. The summed E-state index contributed by atoms with van der Waals surface area (Å²) >= 11 is 0. The molecule has 0 heterocycles. The minimum absolute atomic E-state index is 0.174. The lowest BCUT2D eigenvalue weighted by molar-refractivity contribution is -0.117. The molecule has 9 heteroatoms.